The molecule has 0 spiro atoms. The molecule has 0 fully saturated rings. The third kappa shape index (κ3) is 3.51. The number of anilines is 1. The molecule has 0 heterocycles. The second-order valence-corrected chi connectivity index (χ2v) is 5.02. The van der Waals surface area contributed by atoms with Crippen molar-refractivity contribution in [1.29, 1.82) is 5.26 Å². The quantitative estimate of drug-likeness (QED) is 0.640. The molecule has 0 atom stereocenters. The Morgan fingerprint density at radius 1 is 1.11 bits per heavy atom. The molecule has 19 heavy (non-hydrogen) atoms. The maximum Gasteiger partial charge on any atom is 0.103 e. The van der Waals surface area contributed by atoms with Crippen molar-refractivity contribution in [1.82, 2.24) is 0 Å². The van der Waals surface area contributed by atoms with Gasteiger partial charge in [-0.1, -0.05) is 0 Å². The van der Waals surface area contributed by atoms with Gasteiger partial charge in [0.15, 0.2) is 0 Å². The van der Waals surface area contributed by atoms with Crippen molar-refractivity contribution >= 4 is 39.7 Å². The number of nitriles is 1. The van der Waals surface area contributed by atoms with Gasteiger partial charge in [-0.05, 0) is 65.1 Å². The number of rotatable bonds is 3. The van der Waals surface area contributed by atoms with Crippen LogP contribution in [0.1, 0.15) is 5.56 Å². The molecule has 0 bridgehead atoms. The molecule has 0 aromatic heterocycles. The molecule has 2 aromatic carbocycles. The van der Waals surface area contributed by atoms with Crippen molar-refractivity contribution in [2.45, 2.75) is 0 Å². The van der Waals surface area contributed by atoms with Gasteiger partial charge in [0, 0.05) is 16.3 Å². The standard InChI is InChI=1S/C14H11IN4/c1-17-12-3-5-13(6-4-12)18-19-14-7-2-11(15)8-10(14)9-16/h2-8,17H,1H3/b19-18+. The highest BCUT2D eigenvalue weighted by Gasteiger charge is 2.01. The Hall–Kier alpha value is -1.94. The molecule has 0 amide bonds. The van der Waals surface area contributed by atoms with Gasteiger partial charge in [-0.25, -0.2) is 0 Å². The first-order chi connectivity index (χ1) is 9.22. The molecule has 0 saturated heterocycles. The second-order valence-electron chi connectivity index (χ2n) is 3.77. The Balaban J connectivity index is 2.25. The maximum atomic E-state index is 9.05. The summed E-state index contributed by atoms with van der Waals surface area (Å²) >= 11 is 2.16. The van der Waals surface area contributed by atoms with E-state index in [1.807, 2.05) is 37.4 Å². The topological polar surface area (TPSA) is 60.5 Å². The van der Waals surface area contributed by atoms with E-state index in [2.05, 4.69) is 44.2 Å². The van der Waals surface area contributed by atoms with Crippen LogP contribution in [-0.2, 0) is 0 Å². The Kier molecular flexibility index (Phi) is 4.47. The molecule has 2 rings (SSSR count). The summed E-state index contributed by atoms with van der Waals surface area (Å²) in [5, 5.41) is 20.3. The van der Waals surface area contributed by atoms with Crippen molar-refractivity contribution in [3.63, 3.8) is 0 Å². The van der Waals surface area contributed by atoms with E-state index in [4.69, 9.17) is 5.26 Å². The Morgan fingerprint density at radius 3 is 2.47 bits per heavy atom. The van der Waals surface area contributed by atoms with Crippen LogP contribution in [0.15, 0.2) is 52.7 Å². The number of halogens is 1. The summed E-state index contributed by atoms with van der Waals surface area (Å²) in [5.74, 6) is 0. The summed E-state index contributed by atoms with van der Waals surface area (Å²) < 4.78 is 1.01. The molecule has 2 aromatic rings. The van der Waals surface area contributed by atoms with Crippen molar-refractivity contribution in [3.8, 4) is 6.07 Å². The van der Waals surface area contributed by atoms with Crippen LogP contribution in [0.25, 0.3) is 0 Å². The molecule has 0 aliphatic carbocycles. The summed E-state index contributed by atoms with van der Waals surface area (Å²) in [7, 11) is 1.86. The first-order valence-electron chi connectivity index (χ1n) is 5.62. The van der Waals surface area contributed by atoms with Crippen LogP contribution in [-0.4, -0.2) is 7.05 Å². The minimum atomic E-state index is 0.530. The molecular formula is C14H11IN4. The zero-order chi connectivity index (χ0) is 13.7. The fourth-order valence-electron chi connectivity index (χ4n) is 1.49. The highest BCUT2D eigenvalue weighted by atomic mass is 127. The largest absolute Gasteiger partial charge is 0.388 e. The average molecular weight is 362 g/mol. The first-order valence-corrected chi connectivity index (χ1v) is 6.70. The van der Waals surface area contributed by atoms with Gasteiger partial charge in [-0.3, -0.25) is 0 Å². The van der Waals surface area contributed by atoms with Crippen molar-refractivity contribution < 1.29 is 0 Å². The second kappa shape index (κ2) is 6.29. The third-order valence-electron chi connectivity index (χ3n) is 2.51. The van der Waals surface area contributed by atoms with Gasteiger partial charge in [0.2, 0.25) is 0 Å². The first kappa shape index (κ1) is 13.5. The SMILES string of the molecule is CNc1ccc(/N=N/c2ccc(I)cc2C#N)cc1. The van der Waals surface area contributed by atoms with Crippen LogP contribution in [0.2, 0.25) is 0 Å². The lowest BCUT2D eigenvalue weighted by Gasteiger charge is -1.99. The minimum Gasteiger partial charge on any atom is -0.388 e. The predicted molar refractivity (Wildman–Crippen MR) is 84.0 cm³/mol. The van der Waals surface area contributed by atoms with E-state index in [0.717, 1.165) is 14.9 Å². The van der Waals surface area contributed by atoms with Crippen LogP contribution in [0, 0.1) is 14.9 Å². The third-order valence-corrected chi connectivity index (χ3v) is 3.18. The van der Waals surface area contributed by atoms with Gasteiger partial charge in [0.1, 0.15) is 11.8 Å². The molecule has 4 nitrogen and oxygen atoms in total. The summed E-state index contributed by atoms with van der Waals surface area (Å²) in [5.41, 5.74) is 2.88. The number of azo groups is 1. The van der Waals surface area contributed by atoms with Gasteiger partial charge >= 0.3 is 0 Å². The van der Waals surface area contributed by atoms with Gasteiger partial charge < -0.3 is 5.32 Å². The summed E-state index contributed by atoms with van der Waals surface area (Å²) in [4.78, 5) is 0. The number of hydrogen-bond donors (Lipinski definition) is 1. The lowest BCUT2D eigenvalue weighted by atomic mass is 10.2. The fraction of sp³-hybridized carbons (Fsp3) is 0.0714. The van der Waals surface area contributed by atoms with Crippen molar-refractivity contribution in [3.05, 3.63) is 51.6 Å². The van der Waals surface area contributed by atoms with E-state index in [1.54, 1.807) is 12.1 Å². The molecule has 0 aliphatic heterocycles. The lowest BCUT2D eigenvalue weighted by Crippen LogP contribution is -1.85. The van der Waals surface area contributed by atoms with Gasteiger partial charge in [0.25, 0.3) is 0 Å². The smallest absolute Gasteiger partial charge is 0.103 e. The van der Waals surface area contributed by atoms with Crippen LogP contribution in [0.3, 0.4) is 0 Å². The van der Waals surface area contributed by atoms with Gasteiger partial charge in [-0.2, -0.15) is 10.4 Å². The predicted octanol–water partition coefficient (Wildman–Crippen LogP) is 4.62. The van der Waals surface area contributed by atoms with Crippen LogP contribution in [0.4, 0.5) is 17.1 Å². The van der Waals surface area contributed by atoms with E-state index in [0.29, 0.717) is 11.3 Å². The van der Waals surface area contributed by atoms with Crippen molar-refractivity contribution in [2.24, 2.45) is 10.2 Å². The highest BCUT2D eigenvalue weighted by molar-refractivity contribution is 14.1. The molecule has 0 aliphatic rings. The summed E-state index contributed by atoms with van der Waals surface area (Å²) in [6, 6.07) is 15.2. The van der Waals surface area contributed by atoms with E-state index >= 15 is 0 Å². The van der Waals surface area contributed by atoms with Crippen LogP contribution >= 0.6 is 22.6 Å². The normalized spacial score (nSPS) is 10.4. The van der Waals surface area contributed by atoms with Gasteiger partial charge in [-0.15, -0.1) is 5.11 Å². The number of hydrogen-bond acceptors (Lipinski definition) is 4. The molecule has 0 saturated carbocycles. The number of benzene rings is 2. The highest BCUT2D eigenvalue weighted by Crippen LogP contribution is 2.24. The lowest BCUT2D eigenvalue weighted by molar-refractivity contribution is 1.22. The maximum absolute atomic E-state index is 9.05. The summed E-state index contributed by atoms with van der Waals surface area (Å²) in [6.45, 7) is 0. The molecule has 1 N–H and O–H groups in total. The zero-order valence-corrected chi connectivity index (χ0v) is 12.4. The molecule has 5 heteroatoms. The molecule has 94 valence electrons. The monoisotopic (exact) mass is 362 g/mol. The Bertz CT molecular complexity index is 641. The van der Waals surface area contributed by atoms with E-state index in [1.165, 1.54) is 0 Å². The number of nitrogens with one attached hydrogen (secondary N) is 1. The van der Waals surface area contributed by atoms with Crippen LogP contribution < -0.4 is 5.32 Å². The Morgan fingerprint density at radius 2 is 1.84 bits per heavy atom. The van der Waals surface area contributed by atoms with Gasteiger partial charge in [0.05, 0.1) is 11.3 Å². The van der Waals surface area contributed by atoms with Crippen molar-refractivity contribution in [2.75, 3.05) is 12.4 Å². The minimum absolute atomic E-state index is 0.530. The zero-order valence-electron chi connectivity index (χ0n) is 10.3. The molecular weight excluding hydrogens is 351 g/mol. The van der Waals surface area contributed by atoms with E-state index in [-0.39, 0.29) is 0 Å². The molecule has 0 unspecified atom stereocenters. The van der Waals surface area contributed by atoms with E-state index in [9.17, 15) is 0 Å². The summed E-state index contributed by atoms with van der Waals surface area (Å²) in [6.07, 6.45) is 0. The Labute approximate surface area is 125 Å². The number of nitrogens with zero attached hydrogens (tertiary/aromatic N) is 3. The van der Waals surface area contributed by atoms with Crippen LogP contribution in [0.5, 0.6) is 0 Å². The fourth-order valence-corrected chi connectivity index (χ4v) is 1.98. The average Bonchev–Trinajstić information content (AvgIpc) is 2.46. The van der Waals surface area contributed by atoms with E-state index < -0.39 is 0 Å². The molecule has 0 radical (unpaired) electrons.